The van der Waals surface area contributed by atoms with Crippen molar-refractivity contribution in [1.82, 2.24) is 0 Å². The van der Waals surface area contributed by atoms with Crippen LogP contribution in [-0.4, -0.2) is 11.0 Å². The van der Waals surface area contributed by atoms with Crippen LogP contribution in [0.5, 0.6) is 11.5 Å². The number of nitrogens with zero attached hydrogens (tertiary/aromatic N) is 1. The number of oxime groups is 1. The molecule has 0 heterocycles. The Labute approximate surface area is 124 Å². The summed E-state index contributed by atoms with van der Waals surface area (Å²) < 4.78 is 5.84. The van der Waals surface area contributed by atoms with Gasteiger partial charge in [-0.25, -0.2) is 0 Å². The first-order valence-electron chi connectivity index (χ1n) is 6.76. The Bertz CT molecular complexity index is 641. The maximum Gasteiger partial charge on any atom is 0.170 e. The molecule has 2 aromatic carbocycles. The molecule has 4 heteroatoms. The van der Waals surface area contributed by atoms with E-state index in [0.29, 0.717) is 11.3 Å². The van der Waals surface area contributed by atoms with Crippen LogP contribution in [0.3, 0.4) is 0 Å². The summed E-state index contributed by atoms with van der Waals surface area (Å²) in [7, 11) is 0. The highest BCUT2D eigenvalue weighted by molar-refractivity contribution is 5.97. The van der Waals surface area contributed by atoms with Crippen LogP contribution in [0.25, 0.3) is 0 Å². The zero-order chi connectivity index (χ0) is 15.5. The normalized spacial score (nSPS) is 12.2. The second-order valence-corrected chi connectivity index (χ2v) is 5.89. The van der Waals surface area contributed by atoms with E-state index in [0.717, 1.165) is 5.75 Å². The van der Waals surface area contributed by atoms with Crippen molar-refractivity contribution in [3.63, 3.8) is 0 Å². The third-order valence-corrected chi connectivity index (χ3v) is 3.19. The summed E-state index contributed by atoms with van der Waals surface area (Å²) in [6, 6.07) is 15.1. The van der Waals surface area contributed by atoms with E-state index in [1.807, 2.05) is 18.2 Å². The van der Waals surface area contributed by atoms with Crippen molar-refractivity contribution in [3.8, 4) is 11.5 Å². The quantitative estimate of drug-likeness (QED) is 0.389. The van der Waals surface area contributed by atoms with Gasteiger partial charge in [-0.1, -0.05) is 38.1 Å². The van der Waals surface area contributed by atoms with Crippen LogP contribution in [0.15, 0.2) is 53.7 Å². The fourth-order valence-electron chi connectivity index (χ4n) is 1.91. The van der Waals surface area contributed by atoms with Crippen molar-refractivity contribution in [2.75, 3.05) is 0 Å². The van der Waals surface area contributed by atoms with Gasteiger partial charge in [-0.15, -0.1) is 0 Å². The van der Waals surface area contributed by atoms with Gasteiger partial charge in [-0.3, -0.25) is 0 Å². The molecule has 0 spiro atoms. The number of benzene rings is 2. The van der Waals surface area contributed by atoms with Crippen molar-refractivity contribution >= 4 is 5.84 Å². The number of hydrogen-bond donors (Lipinski definition) is 2. The molecule has 0 saturated carbocycles. The molecule has 0 aliphatic rings. The molecule has 2 rings (SSSR count). The van der Waals surface area contributed by atoms with Crippen LogP contribution in [0.4, 0.5) is 0 Å². The van der Waals surface area contributed by atoms with Gasteiger partial charge in [0.1, 0.15) is 11.5 Å². The molecule has 0 radical (unpaired) electrons. The Kier molecular flexibility index (Phi) is 4.17. The fourth-order valence-corrected chi connectivity index (χ4v) is 1.91. The predicted molar refractivity (Wildman–Crippen MR) is 84.2 cm³/mol. The first-order valence-corrected chi connectivity index (χ1v) is 6.76. The average molecular weight is 284 g/mol. The fraction of sp³-hybridized carbons (Fsp3) is 0.235. The summed E-state index contributed by atoms with van der Waals surface area (Å²) in [5.74, 6) is 1.57. The molecule has 21 heavy (non-hydrogen) atoms. The molecule has 0 aliphatic carbocycles. The first kappa shape index (κ1) is 14.9. The summed E-state index contributed by atoms with van der Waals surface area (Å²) in [6.07, 6.45) is 0. The van der Waals surface area contributed by atoms with Crippen LogP contribution in [0.1, 0.15) is 31.9 Å². The van der Waals surface area contributed by atoms with Crippen LogP contribution in [0.2, 0.25) is 0 Å². The Morgan fingerprint density at radius 1 is 1.05 bits per heavy atom. The molecular formula is C17H20N2O2. The molecular weight excluding hydrogens is 264 g/mol. The van der Waals surface area contributed by atoms with E-state index in [4.69, 9.17) is 15.7 Å². The molecule has 0 aliphatic heterocycles. The molecule has 0 fully saturated rings. The lowest BCUT2D eigenvalue weighted by molar-refractivity contribution is 0.318. The third kappa shape index (κ3) is 3.75. The van der Waals surface area contributed by atoms with E-state index in [-0.39, 0.29) is 11.3 Å². The number of hydrogen-bond acceptors (Lipinski definition) is 3. The molecule has 0 unspecified atom stereocenters. The first-order chi connectivity index (χ1) is 9.90. The molecule has 3 N–H and O–H groups in total. The molecule has 0 bridgehead atoms. The Morgan fingerprint density at radius 2 is 1.71 bits per heavy atom. The average Bonchev–Trinajstić information content (AvgIpc) is 2.47. The van der Waals surface area contributed by atoms with Crippen LogP contribution < -0.4 is 10.5 Å². The Morgan fingerprint density at radius 3 is 2.29 bits per heavy atom. The van der Waals surface area contributed by atoms with Crippen molar-refractivity contribution < 1.29 is 9.94 Å². The van der Waals surface area contributed by atoms with E-state index in [1.165, 1.54) is 5.56 Å². The molecule has 0 atom stereocenters. The van der Waals surface area contributed by atoms with Crippen molar-refractivity contribution in [3.05, 3.63) is 59.7 Å². The number of rotatable bonds is 3. The van der Waals surface area contributed by atoms with Gasteiger partial charge in [0.15, 0.2) is 5.84 Å². The highest BCUT2D eigenvalue weighted by atomic mass is 16.5. The summed E-state index contributed by atoms with van der Waals surface area (Å²) >= 11 is 0. The minimum absolute atomic E-state index is 0.0786. The van der Waals surface area contributed by atoms with Gasteiger partial charge in [-0.2, -0.15) is 0 Å². The van der Waals surface area contributed by atoms with E-state index in [1.54, 1.807) is 24.3 Å². The lowest BCUT2D eigenvalue weighted by Gasteiger charge is -2.19. The van der Waals surface area contributed by atoms with E-state index >= 15 is 0 Å². The van der Waals surface area contributed by atoms with E-state index in [2.05, 4.69) is 32.0 Å². The number of nitrogens with two attached hydrogens (primary N) is 1. The summed E-state index contributed by atoms with van der Waals surface area (Å²) in [6.45, 7) is 6.49. The third-order valence-electron chi connectivity index (χ3n) is 3.19. The maximum atomic E-state index is 8.63. The Hall–Kier alpha value is -2.49. The summed E-state index contributed by atoms with van der Waals surface area (Å²) in [5.41, 5.74) is 7.47. The second-order valence-electron chi connectivity index (χ2n) is 5.89. The number of ether oxygens (including phenoxy) is 1. The highest BCUT2D eigenvalue weighted by Gasteiger charge is 2.14. The van der Waals surface area contributed by atoms with Crippen molar-refractivity contribution in [2.45, 2.75) is 26.2 Å². The van der Waals surface area contributed by atoms with Crippen molar-refractivity contribution in [1.29, 1.82) is 0 Å². The molecule has 110 valence electrons. The lowest BCUT2D eigenvalue weighted by atomic mass is 9.87. The molecule has 0 aromatic heterocycles. The predicted octanol–water partition coefficient (Wildman–Crippen LogP) is 3.87. The second kappa shape index (κ2) is 5.87. The summed E-state index contributed by atoms with van der Waals surface area (Å²) in [4.78, 5) is 0. The monoisotopic (exact) mass is 284 g/mol. The Balaban J connectivity index is 2.19. The molecule has 2 aromatic rings. The molecule has 0 saturated heterocycles. The van der Waals surface area contributed by atoms with E-state index in [9.17, 15) is 0 Å². The SMILES string of the molecule is CC(C)(C)c1cccc(Oc2ccc(/C(N)=N/O)cc2)c1. The number of amidine groups is 1. The van der Waals surface area contributed by atoms with Gasteiger partial charge >= 0.3 is 0 Å². The van der Waals surface area contributed by atoms with Crippen LogP contribution in [-0.2, 0) is 5.41 Å². The topological polar surface area (TPSA) is 67.8 Å². The van der Waals surface area contributed by atoms with Gasteiger partial charge in [0.25, 0.3) is 0 Å². The largest absolute Gasteiger partial charge is 0.457 e. The van der Waals surface area contributed by atoms with Gasteiger partial charge in [-0.05, 0) is 47.4 Å². The van der Waals surface area contributed by atoms with Gasteiger partial charge in [0.05, 0.1) is 0 Å². The van der Waals surface area contributed by atoms with Gasteiger partial charge < -0.3 is 15.7 Å². The minimum atomic E-state index is 0.0786. The zero-order valence-electron chi connectivity index (χ0n) is 12.5. The molecule has 4 nitrogen and oxygen atoms in total. The smallest absolute Gasteiger partial charge is 0.170 e. The van der Waals surface area contributed by atoms with Crippen LogP contribution in [0, 0.1) is 0 Å². The lowest BCUT2D eigenvalue weighted by Crippen LogP contribution is -2.12. The maximum absolute atomic E-state index is 8.63. The zero-order valence-corrected chi connectivity index (χ0v) is 12.5. The van der Waals surface area contributed by atoms with Gasteiger partial charge in [0.2, 0.25) is 0 Å². The standard InChI is InChI=1S/C17H20N2O2/c1-17(2,3)13-5-4-6-15(11-13)21-14-9-7-12(8-10-14)16(18)19-20/h4-11,20H,1-3H3,(H2,18,19). The van der Waals surface area contributed by atoms with Crippen molar-refractivity contribution in [2.24, 2.45) is 10.9 Å². The van der Waals surface area contributed by atoms with E-state index < -0.39 is 0 Å². The van der Waals surface area contributed by atoms with Gasteiger partial charge in [0, 0.05) is 5.56 Å². The summed E-state index contributed by atoms with van der Waals surface area (Å²) in [5, 5.41) is 11.6. The van der Waals surface area contributed by atoms with Crippen LogP contribution >= 0.6 is 0 Å². The highest BCUT2D eigenvalue weighted by Crippen LogP contribution is 2.28. The minimum Gasteiger partial charge on any atom is -0.457 e. The molecule has 0 amide bonds.